The summed E-state index contributed by atoms with van der Waals surface area (Å²) < 4.78 is 21.5. The molecule has 1 amide bonds. The van der Waals surface area contributed by atoms with Gasteiger partial charge in [-0.3, -0.25) is 9.48 Å². The van der Waals surface area contributed by atoms with E-state index in [2.05, 4.69) is 0 Å². The first-order valence-corrected chi connectivity index (χ1v) is 10.9. The normalized spacial score (nSPS) is 15.7. The van der Waals surface area contributed by atoms with Crippen molar-refractivity contribution < 1.29 is 13.9 Å². The third-order valence-electron chi connectivity index (χ3n) is 5.74. The van der Waals surface area contributed by atoms with E-state index in [1.807, 2.05) is 61.1 Å². The second kappa shape index (κ2) is 9.53. The van der Waals surface area contributed by atoms with Crippen molar-refractivity contribution in [2.24, 2.45) is 7.05 Å². The molecule has 0 bridgehead atoms. The predicted molar refractivity (Wildman–Crippen MR) is 123 cm³/mol. The van der Waals surface area contributed by atoms with Crippen molar-refractivity contribution in [3.8, 4) is 11.3 Å². The Morgan fingerprint density at radius 3 is 2.62 bits per heavy atom. The molecule has 32 heavy (non-hydrogen) atoms. The second-order valence-corrected chi connectivity index (χ2v) is 8.37. The molecular formula is C25H29FN4O2. The molecule has 1 unspecified atom stereocenters. The van der Waals surface area contributed by atoms with Gasteiger partial charge in [0.05, 0.1) is 18.3 Å². The van der Waals surface area contributed by atoms with Crippen molar-refractivity contribution in [2.75, 3.05) is 32.1 Å². The summed E-state index contributed by atoms with van der Waals surface area (Å²) in [5.41, 5.74) is 3.11. The van der Waals surface area contributed by atoms with Crippen LogP contribution in [0.5, 0.6) is 0 Å². The largest absolute Gasteiger partial charge is 0.376 e. The van der Waals surface area contributed by atoms with Crippen LogP contribution < -0.4 is 4.90 Å². The molecule has 1 fully saturated rings. The molecule has 2 heterocycles. The quantitative estimate of drug-likeness (QED) is 0.559. The first-order valence-electron chi connectivity index (χ1n) is 10.9. The molecule has 168 valence electrons. The Bertz CT molecular complexity index is 1070. The summed E-state index contributed by atoms with van der Waals surface area (Å²) in [6.07, 6.45) is 1.87. The molecular weight excluding hydrogens is 407 g/mol. The van der Waals surface area contributed by atoms with Crippen molar-refractivity contribution in [3.05, 3.63) is 71.5 Å². The maximum absolute atomic E-state index is 13.9. The SMILES string of the molecule is CN(C)c1c(CN(CC2CCCO2)C(=O)c2cccc(F)c2)c(-c2ccccc2)nn1C. The minimum absolute atomic E-state index is 0.0211. The highest BCUT2D eigenvalue weighted by Crippen LogP contribution is 2.32. The van der Waals surface area contributed by atoms with Crippen LogP contribution in [-0.4, -0.2) is 53.9 Å². The van der Waals surface area contributed by atoms with E-state index in [1.165, 1.54) is 12.1 Å². The van der Waals surface area contributed by atoms with Gasteiger partial charge in [0.25, 0.3) is 5.91 Å². The van der Waals surface area contributed by atoms with Crippen LogP contribution in [0.25, 0.3) is 11.3 Å². The monoisotopic (exact) mass is 436 g/mol. The van der Waals surface area contributed by atoms with Gasteiger partial charge in [0.1, 0.15) is 11.6 Å². The van der Waals surface area contributed by atoms with Gasteiger partial charge in [0.2, 0.25) is 0 Å². The lowest BCUT2D eigenvalue weighted by atomic mass is 10.1. The number of hydrogen-bond acceptors (Lipinski definition) is 4. The van der Waals surface area contributed by atoms with Gasteiger partial charge >= 0.3 is 0 Å². The number of carbonyl (C=O) groups is 1. The van der Waals surface area contributed by atoms with Crippen LogP contribution in [0.4, 0.5) is 10.2 Å². The van der Waals surface area contributed by atoms with E-state index < -0.39 is 5.82 Å². The van der Waals surface area contributed by atoms with Gasteiger partial charge in [0.15, 0.2) is 0 Å². The Kier molecular flexibility index (Phi) is 6.55. The first kappa shape index (κ1) is 22.0. The lowest BCUT2D eigenvalue weighted by Crippen LogP contribution is -2.37. The number of ether oxygens (including phenoxy) is 1. The molecule has 1 aliphatic heterocycles. The molecule has 1 atom stereocenters. The van der Waals surface area contributed by atoms with Crippen molar-refractivity contribution >= 4 is 11.7 Å². The summed E-state index contributed by atoms with van der Waals surface area (Å²) >= 11 is 0. The van der Waals surface area contributed by atoms with Crippen molar-refractivity contribution in [2.45, 2.75) is 25.5 Å². The third-order valence-corrected chi connectivity index (χ3v) is 5.74. The summed E-state index contributed by atoms with van der Waals surface area (Å²) in [6.45, 7) is 1.50. The van der Waals surface area contributed by atoms with Crippen LogP contribution in [0.2, 0.25) is 0 Å². The highest BCUT2D eigenvalue weighted by molar-refractivity contribution is 5.94. The van der Waals surface area contributed by atoms with Crippen LogP contribution in [-0.2, 0) is 18.3 Å². The maximum Gasteiger partial charge on any atom is 0.254 e. The van der Waals surface area contributed by atoms with Crippen LogP contribution in [0.1, 0.15) is 28.8 Å². The average molecular weight is 437 g/mol. The lowest BCUT2D eigenvalue weighted by molar-refractivity contribution is 0.0507. The molecule has 0 spiro atoms. The maximum atomic E-state index is 13.9. The van der Waals surface area contributed by atoms with E-state index >= 15 is 0 Å². The predicted octanol–water partition coefficient (Wildman–Crippen LogP) is 4.11. The zero-order chi connectivity index (χ0) is 22.7. The Labute approximate surface area is 188 Å². The number of aryl methyl sites for hydroxylation is 1. The zero-order valence-corrected chi connectivity index (χ0v) is 18.8. The summed E-state index contributed by atoms with van der Waals surface area (Å²) in [5, 5.41) is 4.78. The average Bonchev–Trinajstić information content (AvgIpc) is 3.41. The Balaban J connectivity index is 1.75. The standard InChI is InChI=1S/C25H29FN4O2/c1-28(2)24-22(23(27-29(24)3)18-9-5-4-6-10-18)17-30(16-21-13-8-14-32-21)25(31)19-11-7-12-20(26)15-19/h4-7,9-12,15,21H,8,13-14,16-17H2,1-3H3. The Morgan fingerprint density at radius 2 is 1.97 bits per heavy atom. The van der Waals surface area contributed by atoms with Gasteiger partial charge in [-0.1, -0.05) is 36.4 Å². The number of amides is 1. The van der Waals surface area contributed by atoms with Crippen molar-refractivity contribution in [3.63, 3.8) is 0 Å². The fourth-order valence-electron chi connectivity index (χ4n) is 4.34. The van der Waals surface area contributed by atoms with Gasteiger partial charge in [-0.05, 0) is 31.0 Å². The van der Waals surface area contributed by atoms with Crippen LogP contribution >= 0.6 is 0 Å². The lowest BCUT2D eigenvalue weighted by Gasteiger charge is -2.27. The smallest absolute Gasteiger partial charge is 0.254 e. The van der Waals surface area contributed by atoms with E-state index in [1.54, 1.807) is 17.0 Å². The molecule has 0 saturated carbocycles. The molecule has 0 N–H and O–H groups in total. The molecule has 2 aromatic carbocycles. The van der Waals surface area contributed by atoms with Gasteiger partial charge < -0.3 is 14.5 Å². The number of hydrogen-bond donors (Lipinski definition) is 0. The molecule has 6 nitrogen and oxygen atoms in total. The minimum Gasteiger partial charge on any atom is -0.376 e. The van der Waals surface area contributed by atoms with Gasteiger partial charge in [-0.25, -0.2) is 4.39 Å². The fraction of sp³-hybridized carbons (Fsp3) is 0.360. The number of carbonyl (C=O) groups excluding carboxylic acids is 1. The highest BCUT2D eigenvalue weighted by Gasteiger charge is 2.28. The fourth-order valence-corrected chi connectivity index (χ4v) is 4.34. The molecule has 0 aliphatic carbocycles. The number of anilines is 1. The van der Waals surface area contributed by atoms with Gasteiger partial charge in [-0.2, -0.15) is 5.10 Å². The number of halogens is 1. The number of aromatic nitrogens is 2. The van der Waals surface area contributed by atoms with Crippen LogP contribution in [0.15, 0.2) is 54.6 Å². The molecule has 4 rings (SSSR count). The van der Waals surface area contributed by atoms with E-state index in [0.717, 1.165) is 35.5 Å². The third kappa shape index (κ3) is 4.67. The van der Waals surface area contributed by atoms with E-state index in [-0.39, 0.29) is 12.0 Å². The molecule has 0 radical (unpaired) electrons. The van der Waals surface area contributed by atoms with Crippen LogP contribution in [0.3, 0.4) is 0 Å². The topological polar surface area (TPSA) is 50.6 Å². The summed E-state index contributed by atoms with van der Waals surface area (Å²) in [5.74, 6) is 0.286. The van der Waals surface area contributed by atoms with Gasteiger partial charge in [-0.15, -0.1) is 0 Å². The van der Waals surface area contributed by atoms with Crippen molar-refractivity contribution in [1.29, 1.82) is 0 Å². The molecule has 1 aromatic heterocycles. The number of rotatable bonds is 7. The van der Waals surface area contributed by atoms with E-state index in [4.69, 9.17) is 9.84 Å². The van der Waals surface area contributed by atoms with E-state index in [9.17, 15) is 9.18 Å². The Morgan fingerprint density at radius 1 is 1.19 bits per heavy atom. The van der Waals surface area contributed by atoms with E-state index in [0.29, 0.717) is 25.3 Å². The molecule has 1 saturated heterocycles. The molecule has 3 aromatic rings. The summed E-state index contributed by atoms with van der Waals surface area (Å²) in [6, 6.07) is 15.8. The number of nitrogens with zero attached hydrogens (tertiary/aromatic N) is 4. The number of benzene rings is 2. The highest BCUT2D eigenvalue weighted by atomic mass is 19.1. The Hall–Kier alpha value is -3.19. The summed E-state index contributed by atoms with van der Waals surface area (Å²) in [7, 11) is 5.84. The molecule has 1 aliphatic rings. The summed E-state index contributed by atoms with van der Waals surface area (Å²) in [4.78, 5) is 17.3. The zero-order valence-electron chi connectivity index (χ0n) is 18.8. The molecule has 7 heteroatoms. The van der Waals surface area contributed by atoms with Crippen LogP contribution in [0, 0.1) is 5.82 Å². The first-order chi connectivity index (χ1) is 15.4. The van der Waals surface area contributed by atoms with Gasteiger partial charge in [0, 0.05) is 51.0 Å². The minimum atomic E-state index is -0.423. The second-order valence-electron chi connectivity index (χ2n) is 8.37. The van der Waals surface area contributed by atoms with Crippen molar-refractivity contribution in [1.82, 2.24) is 14.7 Å².